The molecule has 1 unspecified atom stereocenters. The first-order chi connectivity index (χ1) is 9.75. The third-order valence-corrected chi connectivity index (χ3v) is 3.38. The van der Waals surface area contributed by atoms with Crippen LogP contribution in [0.4, 0.5) is 5.69 Å². The molecule has 0 aliphatic rings. The maximum absolute atomic E-state index is 5.59. The fourth-order valence-electron chi connectivity index (χ4n) is 2.33. The molecule has 20 heavy (non-hydrogen) atoms. The van der Waals surface area contributed by atoms with Gasteiger partial charge in [-0.25, -0.2) is 0 Å². The summed E-state index contributed by atoms with van der Waals surface area (Å²) < 4.78 is 5.59. The number of aryl methyl sites for hydroxylation is 2. The first-order valence-corrected chi connectivity index (χ1v) is 6.62. The van der Waals surface area contributed by atoms with Gasteiger partial charge in [-0.15, -0.1) is 0 Å². The molecule has 0 radical (unpaired) electrons. The van der Waals surface area contributed by atoms with Gasteiger partial charge in [0.15, 0.2) is 0 Å². The fraction of sp³-hybridized carbons (Fsp3) is 0.188. The van der Waals surface area contributed by atoms with Crippen LogP contribution in [0.5, 0.6) is 0 Å². The number of hydrogen-bond donors (Lipinski definition) is 2. The Morgan fingerprint density at radius 3 is 2.50 bits per heavy atom. The maximum atomic E-state index is 5.59. The summed E-state index contributed by atoms with van der Waals surface area (Å²) in [5.74, 6) is 0.885. The van der Waals surface area contributed by atoms with Crippen LogP contribution in [-0.2, 0) is 0 Å². The van der Waals surface area contributed by atoms with Crippen molar-refractivity contribution in [2.45, 2.75) is 19.9 Å². The number of anilines is 1. The van der Waals surface area contributed by atoms with Gasteiger partial charge in [-0.3, -0.25) is 5.10 Å². The number of hydrogen-bond acceptors (Lipinski definition) is 3. The van der Waals surface area contributed by atoms with E-state index in [1.54, 1.807) is 6.26 Å². The third-order valence-electron chi connectivity index (χ3n) is 3.38. The SMILES string of the molecule is Cc1n[nH]c(C)c1NC(c1ccccc1)c1ccco1. The van der Waals surface area contributed by atoms with E-state index >= 15 is 0 Å². The van der Waals surface area contributed by atoms with Crippen LogP contribution in [0.3, 0.4) is 0 Å². The van der Waals surface area contributed by atoms with Gasteiger partial charge in [0.05, 0.1) is 23.3 Å². The van der Waals surface area contributed by atoms with Crippen LogP contribution in [0.25, 0.3) is 0 Å². The Morgan fingerprint density at radius 2 is 1.90 bits per heavy atom. The Morgan fingerprint density at radius 1 is 1.10 bits per heavy atom. The number of aromatic amines is 1. The van der Waals surface area contributed by atoms with E-state index in [0.717, 1.165) is 28.4 Å². The van der Waals surface area contributed by atoms with Crippen LogP contribution >= 0.6 is 0 Å². The van der Waals surface area contributed by atoms with Crippen molar-refractivity contribution in [2.24, 2.45) is 0 Å². The van der Waals surface area contributed by atoms with Crippen molar-refractivity contribution in [3.8, 4) is 0 Å². The van der Waals surface area contributed by atoms with Crippen LogP contribution in [0.15, 0.2) is 53.1 Å². The third kappa shape index (κ3) is 2.32. The second-order valence-corrected chi connectivity index (χ2v) is 4.81. The number of aromatic nitrogens is 2. The highest BCUT2D eigenvalue weighted by Crippen LogP contribution is 2.29. The first-order valence-electron chi connectivity index (χ1n) is 6.62. The van der Waals surface area contributed by atoms with E-state index in [1.165, 1.54) is 0 Å². The van der Waals surface area contributed by atoms with Gasteiger partial charge in [0, 0.05) is 0 Å². The van der Waals surface area contributed by atoms with Crippen molar-refractivity contribution in [1.29, 1.82) is 0 Å². The van der Waals surface area contributed by atoms with Gasteiger partial charge in [0.25, 0.3) is 0 Å². The summed E-state index contributed by atoms with van der Waals surface area (Å²) in [5.41, 5.74) is 4.16. The van der Waals surface area contributed by atoms with Gasteiger partial charge in [-0.2, -0.15) is 5.10 Å². The van der Waals surface area contributed by atoms with E-state index in [9.17, 15) is 0 Å². The Balaban J connectivity index is 1.99. The minimum absolute atomic E-state index is 0.0267. The lowest BCUT2D eigenvalue weighted by molar-refractivity contribution is 0.499. The molecule has 1 atom stereocenters. The molecule has 0 spiro atoms. The van der Waals surface area contributed by atoms with Crippen LogP contribution in [0.2, 0.25) is 0 Å². The van der Waals surface area contributed by atoms with E-state index < -0.39 is 0 Å². The lowest BCUT2D eigenvalue weighted by Crippen LogP contribution is -2.12. The first kappa shape index (κ1) is 12.5. The number of rotatable bonds is 4. The standard InChI is InChI=1S/C16H17N3O/c1-11-15(12(2)19-18-11)17-16(14-9-6-10-20-14)13-7-4-3-5-8-13/h3-10,16-17H,1-2H3,(H,18,19). The van der Waals surface area contributed by atoms with Gasteiger partial charge in [-0.1, -0.05) is 30.3 Å². The summed E-state index contributed by atoms with van der Waals surface area (Å²) in [6, 6.07) is 14.1. The smallest absolute Gasteiger partial charge is 0.130 e. The quantitative estimate of drug-likeness (QED) is 0.755. The number of nitrogens with zero attached hydrogens (tertiary/aromatic N) is 1. The molecule has 0 bridgehead atoms. The van der Waals surface area contributed by atoms with Gasteiger partial charge in [-0.05, 0) is 31.5 Å². The molecule has 0 saturated carbocycles. The molecule has 0 saturated heterocycles. The zero-order chi connectivity index (χ0) is 13.9. The molecule has 2 N–H and O–H groups in total. The van der Waals surface area contributed by atoms with Gasteiger partial charge < -0.3 is 9.73 Å². The zero-order valence-corrected chi connectivity index (χ0v) is 11.6. The lowest BCUT2D eigenvalue weighted by Gasteiger charge is -2.18. The molecule has 4 heteroatoms. The molecule has 1 aromatic carbocycles. The Hall–Kier alpha value is -2.49. The topological polar surface area (TPSA) is 53.9 Å². The average molecular weight is 267 g/mol. The number of H-pyrrole nitrogens is 1. The molecule has 3 rings (SSSR count). The number of furan rings is 1. The van der Waals surface area contributed by atoms with E-state index in [2.05, 4.69) is 27.6 Å². The summed E-state index contributed by atoms with van der Waals surface area (Å²) in [4.78, 5) is 0. The molecule has 0 aliphatic heterocycles. The minimum Gasteiger partial charge on any atom is -0.467 e. The van der Waals surface area contributed by atoms with Gasteiger partial charge in [0.2, 0.25) is 0 Å². The minimum atomic E-state index is -0.0267. The molecular weight excluding hydrogens is 250 g/mol. The second-order valence-electron chi connectivity index (χ2n) is 4.81. The van der Waals surface area contributed by atoms with Crippen molar-refractivity contribution >= 4 is 5.69 Å². The predicted octanol–water partition coefficient (Wildman–Crippen LogP) is 3.82. The van der Waals surface area contributed by atoms with Gasteiger partial charge >= 0.3 is 0 Å². The maximum Gasteiger partial charge on any atom is 0.130 e. The molecule has 2 heterocycles. The van der Waals surface area contributed by atoms with Crippen molar-refractivity contribution in [1.82, 2.24) is 10.2 Å². The highest BCUT2D eigenvalue weighted by molar-refractivity contribution is 5.54. The van der Waals surface area contributed by atoms with Crippen LogP contribution in [0, 0.1) is 13.8 Å². The summed E-state index contributed by atoms with van der Waals surface area (Å²) in [6.45, 7) is 3.99. The van der Waals surface area contributed by atoms with E-state index in [1.807, 2.05) is 44.2 Å². The largest absolute Gasteiger partial charge is 0.467 e. The fourth-order valence-corrected chi connectivity index (χ4v) is 2.33. The number of benzene rings is 1. The Kier molecular flexibility index (Phi) is 3.29. The lowest BCUT2D eigenvalue weighted by atomic mass is 10.0. The van der Waals surface area contributed by atoms with Gasteiger partial charge in [0.1, 0.15) is 11.8 Å². The monoisotopic (exact) mass is 267 g/mol. The van der Waals surface area contributed by atoms with Crippen molar-refractivity contribution in [3.63, 3.8) is 0 Å². The normalized spacial score (nSPS) is 12.3. The van der Waals surface area contributed by atoms with Crippen molar-refractivity contribution in [2.75, 3.05) is 5.32 Å². The number of nitrogens with one attached hydrogen (secondary N) is 2. The Bertz CT molecular complexity index is 652. The van der Waals surface area contributed by atoms with Crippen molar-refractivity contribution in [3.05, 3.63) is 71.4 Å². The summed E-state index contributed by atoms with van der Waals surface area (Å²) in [7, 11) is 0. The van der Waals surface area contributed by atoms with Crippen LogP contribution in [-0.4, -0.2) is 10.2 Å². The highest BCUT2D eigenvalue weighted by Gasteiger charge is 2.19. The molecule has 3 aromatic rings. The molecule has 4 nitrogen and oxygen atoms in total. The molecule has 0 aliphatic carbocycles. The summed E-state index contributed by atoms with van der Waals surface area (Å²) in [6.07, 6.45) is 1.70. The predicted molar refractivity (Wildman–Crippen MR) is 78.7 cm³/mol. The molecule has 0 fully saturated rings. The Labute approximate surface area is 117 Å². The molecule has 2 aromatic heterocycles. The average Bonchev–Trinajstić information content (AvgIpc) is 3.09. The molecular formula is C16H17N3O. The van der Waals surface area contributed by atoms with E-state index in [4.69, 9.17) is 4.42 Å². The van der Waals surface area contributed by atoms with Crippen molar-refractivity contribution < 1.29 is 4.42 Å². The molecule has 102 valence electrons. The van der Waals surface area contributed by atoms with E-state index in [0.29, 0.717) is 0 Å². The summed E-state index contributed by atoms with van der Waals surface area (Å²) >= 11 is 0. The van der Waals surface area contributed by atoms with E-state index in [-0.39, 0.29) is 6.04 Å². The van der Waals surface area contributed by atoms with Crippen LogP contribution in [0.1, 0.15) is 28.8 Å². The second kappa shape index (κ2) is 5.25. The van der Waals surface area contributed by atoms with Crippen LogP contribution < -0.4 is 5.32 Å². The highest BCUT2D eigenvalue weighted by atomic mass is 16.3. The molecule has 0 amide bonds. The zero-order valence-electron chi connectivity index (χ0n) is 11.6. The summed E-state index contributed by atoms with van der Waals surface area (Å²) in [5, 5.41) is 10.7.